The SMILES string of the molecule is O=C(NCCCCCCOc1cc(-c2ccccc2)cc(-c2ccccc2)n1)c1ccc([NH2+]/N=C/c2ccccc2S(=O)(=O)[O-])nc1. The summed E-state index contributed by atoms with van der Waals surface area (Å²) < 4.78 is 40.3. The van der Waals surface area contributed by atoms with Crippen LogP contribution in [0.25, 0.3) is 22.4 Å². The Balaban J connectivity index is 1.02. The quantitative estimate of drug-likeness (QED) is 0.0513. The van der Waals surface area contributed by atoms with Gasteiger partial charge in [-0.3, -0.25) is 4.79 Å². The van der Waals surface area contributed by atoms with Crippen LogP contribution in [0.1, 0.15) is 41.6 Å². The number of carbonyl (C=O) groups excluding carboxylic acids is 1. The lowest BCUT2D eigenvalue weighted by atomic mass is 10.0. The molecule has 0 radical (unpaired) electrons. The largest absolute Gasteiger partial charge is 0.744 e. The van der Waals surface area contributed by atoms with Crippen LogP contribution in [0.15, 0.2) is 125 Å². The summed E-state index contributed by atoms with van der Waals surface area (Å²) in [5.41, 5.74) is 6.08. The molecular weight excluding hydrogens is 614 g/mol. The number of pyridine rings is 2. The molecule has 5 rings (SSSR count). The first-order valence-electron chi connectivity index (χ1n) is 15.3. The number of unbranched alkanes of at least 4 members (excludes halogenated alkanes) is 3. The third-order valence-electron chi connectivity index (χ3n) is 7.24. The Morgan fingerprint density at radius 1 is 0.830 bits per heavy atom. The summed E-state index contributed by atoms with van der Waals surface area (Å²) in [6.45, 7) is 1.09. The van der Waals surface area contributed by atoms with Gasteiger partial charge in [-0.25, -0.2) is 18.4 Å². The van der Waals surface area contributed by atoms with E-state index in [0.717, 1.165) is 48.1 Å². The number of carbonyl (C=O) groups is 1. The predicted molar refractivity (Wildman–Crippen MR) is 179 cm³/mol. The summed E-state index contributed by atoms with van der Waals surface area (Å²) in [5, 5.41) is 6.99. The third kappa shape index (κ3) is 9.88. The van der Waals surface area contributed by atoms with E-state index in [1.165, 1.54) is 36.0 Å². The first-order chi connectivity index (χ1) is 22.9. The molecule has 11 heteroatoms. The van der Waals surface area contributed by atoms with Crippen LogP contribution in [-0.2, 0) is 10.1 Å². The Morgan fingerprint density at radius 2 is 1.53 bits per heavy atom. The second-order valence-corrected chi connectivity index (χ2v) is 12.0. The van der Waals surface area contributed by atoms with Crippen LogP contribution in [-0.4, -0.2) is 48.2 Å². The number of quaternary nitrogens is 1. The molecular formula is C36H35N5O5S. The van der Waals surface area contributed by atoms with Gasteiger partial charge >= 0.3 is 0 Å². The first-order valence-corrected chi connectivity index (χ1v) is 16.7. The number of amides is 1. The standard InChI is InChI=1S/C36H35N5O5S/c42-36(30-19-20-34(38-25-30)41-39-26-29-17-9-10-18-33(29)47(43,44)45)37-21-11-1-2-12-22-46-35-24-31(27-13-5-3-6-14-27)23-32(40-35)28-15-7-4-8-16-28/h3-10,13-20,23-26H,1-2,11-12,21-22H2,(H,37,42)(H,38,41)(H,43,44,45)/b39-26+. The lowest BCUT2D eigenvalue weighted by Crippen LogP contribution is -2.71. The molecule has 2 heterocycles. The number of benzene rings is 3. The molecule has 0 bridgehead atoms. The number of nitrogens with one attached hydrogen (secondary N) is 1. The van der Waals surface area contributed by atoms with Crippen LogP contribution in [0.2, 0.25) is 0 Å². The second kappa shape index (κ2) is 16.4. The number of hydrogen-bond acceptors (Lipinski definition) is 8. The van der Waals surface area contributed by atoms with Gasteiger partial charge in [0, 0.05) is 36.0 Å². The highest BCUT2D eigenvalue weighted by molar-refractivity contribution is 7.85. The van der Waals surface area contributed by atoms with E-state index in [9.17, 15) is 17.8 Å². The fourth-order valence-corrected chi connectivity index (χ4v) is 5.47. The lowest BCUT2D eigenvalue weighted by molar-refractivity contribution is -0.580. The summed E-state index contributed by atoms with van der Waals surface area (Å²) in [6, 6.07) is 33.4. The van der Waals surface area contributed by atoms with Gasteiger partial charge in [-0.15, -0.1) is 0 Å². The lowest BCUT2D eigenvalue weighted by Gasteiger charge is -2.11. The number of rotatable bonds is 15. The Kier molecular flexibility index (Phi) is 11.5. The highest BCUT2D eigenvalue weighted by Crippen LogP contribution is 2.28. The van der Waals surface area contributed by atoms with Crippen molar-refractivity contribution in [1.82, 2.24) is 15.3 Å². The average molecular weight is 650 g/mol. The minimum atomic E-state index is -4.61. The van der Waals surface area contributed by atoms with Gasteiger partial charge < -0.3 is 14.6 Å². The summed E-state index contributed by atoms with van der Waals surface area (Å²) in [5.74, 6) is 0.853. The molecule has 0 aliphatic carbocycles. The zero-order valence-corrected chi connectivity index (χ0v) is 26.5. The van der Waals surface area contributed by atoms with Crippen molar-refractivity contribution in [2.75, 3.05) is 13.2 Å². The van der Waals surface area contributed by atoms with Crippen LogP contribution >= 0.6 is 0 Å². The van der Waals surface area contributed by atoms with E-state index in [0.29, 0.717) is 30.4 Å². The van der Waals surface area contributed by atoms with E-state index in [1.807, 2.05) is 54.6 Å². The van der Waals surface area contributed by atoms with Gasteiger partial charge in [-0.05, 0) is 42.2 Å². The molecule has 3 N–H and O–H groups in total. The molecule has 240 valence electrons. The molecule has 0 saturated carbocycles. The maximum absolute atomic E-state index is 12.5. The molecule has 1 amide bonds. The van der Waals surface area contributed by atoms with Crippen LogP contribution < -0.4 is 15.5 Å². The van der Waals surface area contributed by atoms with E-state index in [2.05, 4.69) is 33.6 Å². The Morgan fingerprint density at radius 3 is 2.26 bits per heavy atom. The van der Waals surface area contributed by atoms with Crippen LogP contribution in [0.3, 0.4) is 0 Å². The molecule has 0 saturated heterocycles. The van der Waals surface area contributed by atoms with Crippen molar-refractivity contribution in [3.63, 3.8) is 0 Å². The molecule has 0 unspecified atom stereocenters. The normalized spacial score (nSPS) is 11.4. The Bertz CT molecular complexity index is 1840. The molecule has 0 aliphatic rings. The third-order valence-corrected chi connectivity index (χ3v) is 8.15. The van der Waals surface area contributed by atoms with Gasteiger partial charge in [0.25, 0.3) is 11.7 Å². The van der Waals surface area contributed by atoms with Gasteiger partial charge in [0.05, 0.1) is 29.0 Å². The second-order valence-electron chi connectivity index (χ2n) is 10.7. The molecule has 2 aromatic heterocycles. The zero-order valence-electron chi connectivity index (χ0n) is 25.7. The molecule has 0 atom stereocenters. The highest BCUT2D eigenvalue weighted by atomic mass is 32.2. The topological polar surface area (TPSA) is 150 Å². The van der Waals surface area contributed by atoms with Gasteiger partial charge in [-0.2, -0.15) is 5.43 Å². The molecule has 47 heavy (non-hydrogen) atoms. The van der Waals surface area contributed by atoms with Crippen molar-refractivity contribution in [3.8, 4) is 28.3 Å². The summed E-state index contributed by atoms with van der Waals surface area (Å²) in [4.78, 5) is 21.2. The van der Waals surface area contributed by atoms with Crippen molar-refractivity contribution in [3.05, 3.63) is 127 Å². The van der Waals surface area contributed by atoms with Crippen molar-refractivity contribution < 1.29 is 27.9 Å². The predicted octanol–water partition coefficient (Wildman–Crippen LogP) is 5.31. The van der Waals surface area contributed by atoms with Gasteiger partial charge in [0.2, 0.25) is 5.88 Å². The van der Waals surface area contributed by atoms with Crippen LogP contribution in [0.4, 0.5) is 5.82 Å². The number of nitrogens with two attached hydrogens (primary N) is 1. The monoisotopic (exact) mass is 649 g/mol. The van der Waals surface area contributed by atoms with Gasteiger partial charge in [0.15, 0.2) is 0 Å². The maximum Gasteiger partial charge on any atom is 0.252 e. The van der Waals surface area contributed by atoms with Crippen molar-refractivity contribution in [1.29, 1.82) is 0 Å². The molecule has 5 aromatic rings. The van der Waals surface area contributed by atoms with Gasteiger partial charge in [0.1, 0.15) is 10.1 Å². The van der Waals surface area contributed by atoms with Crippen molar-refractivity contribution in [2.45, 2.75) is 30.6 Å². The minimum absolute atomic E-state index is 0.185. The van der Waals surface area contributed by atoms with E-state index < -0.39 is 10.1 Å². The maximum atomic E-state index is 12.5. The number of ether oxygens (including phenoxy) is 1. The number of aromatic nitrogens is 2. The fraction of sp³-hybridized carbons (Fsp3) is 0.167. The molecule has 0 spiro atoms. The summed E-state index contributed by atoms with van der Waals surface area (Å²) in [7, 11) is -4.61. The summed E-state index contributed by atoms with van der Waals surface area (Å²) >= 11 is 0. The van der Waals surface area contributed by atoms with E-state index in [1.54, 1.807) is 18.2 Å². The van der Waals surface area contributed by atoms with Crippen LogP contribution in [0, 0.1) is 0 Å². The van der Waals surface area contributed by atoms with E-state index >= 15 is 0 Å². The highest BCUT2D eigenvalue weighted by Gasteiger charge is 2.10. The fourth-order valence-electron chi connectivity index (χ4n) is 4.82. The first kappa shape index (κ1) is 33.1. The number of nitrogens with zero attached hydrogens (tertiary/aromatic N) is 3. The van der Waals surface area contributed by atoms with Crippen LogP contribution in [0.5, 0.6) is 5.88 Å². The molecule has 10 nitrogen and oxygen atoms in total. The van der Waals surface area contributed by atoms with Crippen molar-refractivity contribution >= 4 is 28.1 Å². The molecule has 3 aromatic carbocycles. The Hall–Kier alpha value is -5.23. The minimum Gasteiger partial charge on any atom is -0.744 e. The van der Waals surface area contributed by atoms with E-state index in [4.69, 9.17) is 9.72 Å². The van der Waals surface area contributed by atoms with E-state index in [-0.39, 0.29) is 16.4 Å². The van der Waals surface area contributed by atoms with Gasteiger partial charge in [-0.1, -0.05) is 96.8 Å². The smallest absolute Gasteiger partial charge is 0.252 e. The Labute approximate surface area is 274 Å². The zero-order chi connectivity index (χ0) is 32.9. The van der Waals surface area contributed by atoms with Crippen molar-refractivity contribution in [2.24, 2.45) is 5.10 Å². The molecule has 0 aliphatic heterocycles. The average Bonchev–Trinajstić information content (AvgIpc) is 3.10. The molecule has 0 fully saturated rings. The number of hydrogen-bond donors (Lipinski definition) is 2. The summed E-state index contributed by atoms with van der Waals surface area (Å²) in [6.07, 6.45) is 6.33.